The zero-order valence-corrected chi connectivity index (χ0v) is 13.8. The van der Waals surface area contributed by atoms with Gasteiger partial charge in [-0.3, -0.25) is 4.90 Å². The van der Waals surface area contributed by atoms with Gasteiger partial charge >= 0.3 is 6.09 Å². The van der Waals surface area contributed by atoms with Crippen LogP contribution in [-0.2, 0) is 9.47 Å². The SMILES string of the molecule is Cc1ccc(C(O)C2COCCN2C(=O)OC(C)(C)C)s1. The predicted octanol–water partition coefficient (Wildman–Crippen LogP) is 2.73. The number of carbonyl (C=O) groups excluding carboxylic acids is 1. The summed E-state index contributed by atoms with van der Waals surface area (Å²) in [6, 6.07) is 3.45. The lowest BCUT2D eigenvalue weighted by molar-refractivity contribution is -0.0665. The van der Waals surface area contributed by atoms with E-state index in [1.807, 2.05) is 39.8 Å². The van der Waals surface area contributed by atoms with Gasteiger partial charge in [0, 0.05) is 16.3 Å². The molecule has 1 N–H and O–H groups in total. The number of aliphatic hydroxyl groups excluding tert-OH is 1. The summed E-state index contributed by atoms with van der Waals surface area (Å²) in [4.78, 5) is 15.9. The molecule has 2 heterocycles. The third kappa shape index (κ3) is 4.18. The first-order chi connectivity index (χ1) is 9.78. The molecular formula is C15H23NO4S. The van der Waals surface area contributed by atoms with E-state index in [1.54, 1.807) is 4.90 Å². The number of aliphatic hydroxyl groups is 1. The predicted molar refractivity (Wildman–Crippen MR) is 81.6 cm³/mol. The molecule has 5 nitrogen and oxygen atoms in total. The smallest absolute Gasteiger partial charge is 0.410 e. The van der Waals surface area contributed by atoms with Crippen LogP contribution in [0.2, 0.25) is 0 Å². The lowest BCUT2D eigenvalue weighted by atomic mass is 10.1. The first kappa shape index (κ1) is 16.3. The summed E-state index contributed by atoms with van der Waals surface area (Å²) in [5.74, 6) is 0. The molecule has 1 aliphatic heterocycles. The van der Waals surface area contributed by atoms with Gasteiger partial charge in [0.25, 0.3) is 0 Å². The number of rotatable bonds is 2. The van der Waals surface area contributed by atoms with E-state index < -0.39 is 23.8 Å². The van der Waals surface area contributed by atoms with Crippen molar-refractivity contribution in [3.8, 4) is 0 Å². The highest BCUT2D eigenvalue weighted by atomic mass is 32.1. The summed E-state index contributed by atoms with van der Waals surface area (Å²) in [6.45, 7) is 8.70. The molecule has 1 aliphatic rings. The van der Waals surface area contributed by atoms with E-state index in [-0.39, 0.29) is 0 Å². The zero-order chi connectivity index (χ0) is 15.6. The highest BCUT2D eigenvalue weighted by Gasteiger charge is 2.36. The van der Waals surface area contributed by atoms with Gasteiger partial charge in [-0.2, -0.15) is 0 Å². The van der Waals surface area contributed by atoms with Crippen molar-refractivity contribution in [2.24, 2.45) is 0 Å². The topological polar surface area (TPSA) is 59.0 Å². The Morgan fingerprint density at radius 2 is 2.24 bits per heavy atom. The summed E-state index contributed by atoms with van der Waals surface area (Å²) in [7, 11) is 0. The van der Waals surface area contributed by atoms with Crippen LogP contribution in [-0.4, -0.2) is 47.5 Å². The summed E-state index contributed by atoms with van der Waals surface area (Å²) < 4.78 is 10.9. The Hall–Kier alpha value is -1.11. The molecule has 2 atom stereocenters. The quantitative estimate of drug-likeness (QED) is 0.912. The lowest BCUT2D eigenvalue weighted by Crippen LogP contribution is -2.52. The number of thiophene rings is 1. The van der Waals surface area contributed by atoms with Gasteiger partial charge in [0.2, 0.25) is 0 Å². The number of aryl methyl sites for hydroxylation is 1. The van der Waals surface area contributed by atoms with Gasteiger partial charge in [-0.15, -0.1) is 11.3 Å². The van der Waals surface area contributed by atoms with Gasteiger partial charge in [0.05, 0.1) is 19.3 Å². The van der Waals surface area contributed by atoms with Crippen molar-refractivity contribution in [2.45, 2.75) is 45.4 Å². The van der Waals surface area contributed by atoms with Gasteiger partial charge < -0.3 is 14.6 Å². The van der Waals surface area contributed by atoms with Crippen molar-refractivity contribution in [3.05, 3.63) is 21.9 Å². The molecule has 0 aliphatic carbocycles. The van der Waals surface area contributed by atoms with Gasteiger partial charge in [-0.05, 0) is 39.8 Å². The van der Waals surface area contributed by atoms with E-state index >= 15 is 0 Å². The number of hydrogen-bond donors (Lipinski definition) is 1. The summed E-state index contributed by atoms with van der Waals surface area (Å²) in [6.07, 6.45) is -1.15. The molecule has 0 radical (unpaired) electrons. The summed E-state index contributed by atoms with van der Waals surface area (Å²) in [5.41, 5.74) is -0.551. The van der Waals surface area contributed by atoms with Crippen LogP contribution in [0.5, 0.6) is 0 Å². The van der Waals surface area contributed by atoms with Gasteiger partial charge in [-0.1, -0.05) is 0 Å². The molecule has 2 unspecified atom stereocenters. The molecule has 1 aromatic heterocycles. The molecule has 0 bridgehead atoms. The highest BCUT2D eigenvalue weighted by molar-refractivity contribution is 7.12. The van der Waals surface area contributed by atoms with Crippen LogP contribution in [0, 0.1) is 6.92 Å². The van der Waals surface area contributed by atoms with Gasteiger partial charge in [-0.25, -0.2) is 4.79 Å². The normalized spacial score (nSPS) is 21.2. The number of hydrogen-bond acceptors (Lipinski definition) is 5. The van der Waals surface area contributed by atoms with E-state index in [4.69, 9.17) is 9.47 Å². The van der Waals surface area contributed by atoms with Crippen molar-refractivity contribution in [2.75, 3.05) is 19.8 Å². The van der Waals surface area contributed by atoms with Crippen LogP contribution in [0.3, 0.4) is 0 Å². The minimum atomic E-state index is -0.753. The molecule has 21 heavy (non-hydrogen) atoms. The Bertz CT molecular complexity index is 494. The molecule has 118 valence electrons. The Kier molecular flexibility index (Phi) is 4.91. The first-order valence-corrected chi connectivity index (χ1v) is 7.91. The minimum absolute atomic E-state index is 0.317. The standard InChI is InChI=1S/C15H23NO4S/c1-10-5-6-12(21-10)13(17)11-9-19-8-7-16(11)14(18)20-15(2,3)4/h5-6,11,13,17H,7-9H2,1-4H3. The fourth-order valence-corrected chi connectivity index (χ4v) is 3.16. The molecule has 1 saturated heterocycles. The average molecular weight is 313 g/mol. The van der Waals surface area contributed by atoms with E-state index in [1.165, 1.54) is 11.3 Å². The summed E-state index contributed by atoms with van der Waals surface area (Å²) in [5, 5.41) is 10.6. The van der Waals surface area contributed by atoms with Crippen molar-refractivity contribution in [3.63, 3.8) is 0 Å². The number of morpholine rings is 1. The largest absolute Gasteiger partial charge is 0.444 e. The molecule has 2 rings (SSSR count). The molecule has 1 aromatic rings. The second-order valence-electron chi connectivity index (χ2n) is 6.21. The Morgan fingerprint density at radius 1 is 1.52 bits per heavy atom. The maximum atomic E-state index is 12.3. The van der Waals surface area contributed by atoms with Gasteiger partial charge in [0.15, 0.2) is 0 Å². The minimum Gasteiger partial charge on any atom is -0.444 e. The molecule has 1 fully saturated rings. The number of ether oxygens (including phenoxy) is 2. The lowest BCUT2D eigenvalue weighted by Gasteiger charge is -2.38. The molecule has 1 amide bonds. The van der Waals surface area contributed by atoms with Gasteiger partial charge in [0.1, 0.15) is 11.7 Å². The number of amides is 1. The van der Waals surface area contributed by atoms with E-state index in [2.05, 4.69) is 0 Å². The van der Waals surface area contributed by atoms with Crippen LogP contribution in [0.25, 0.3) is 0 Å². The Balaban J connectivity index is 2.13. The van der Waals surface area contributed by atoms with Crippen molar-refractivity contribution >= 4 is 17.4 Å². The fourth-order valence-electron chi connectivity index (χ4n) is 2.23. The maximum absolute atomic E-state index is 12.3. The second kappa shape index (κ2) is 6.34. The monoisotopic (exact) mass is 313 g/mol. The number of nitrogens with zero attached hydrogens (tertiary/aromatic N) is 1. The highest BCUT2D eigenvalue weighted by Crippen LogP contribution is 2.29. The maximum Gasteiger partial charge on any atom is 0.410 e. The first-order valence-electron chi connectivity index (χ1n) is 7.10. The Morgan fingerprint density at radius 3 is 2.81 bits per heavy atom. The van der Waals surface area contributed by atoms with Crippen LogP contribution in [0.4, 0.5) is 4.79 Å². The molecule has 0 saturated carbocycles. The third-order valence-electron chi connectivity index (χ3n) is 3.21. The number of carbonyl (C=O) groups is 1. The van der Waals surface area contributed by atoms with Crippen molar-refractivity contribution in [1.29, 1.82) is 0 Å². The second-order valence-corrected chi connectivity index (χ2v) is 7.53. The zero-order valence-electron chi connectivity index (χ0n) is 13.0. The third-order valence-corrected chi connectivity index (χ3v) is 4.28. The summed E-state index contributed by atoms with van der Waals surface area (Å²) >= 11 is 1.53. The van der Waals surface area contributed by atoms with Crippen LogP contribution >= 0.6 is 11.3 Å². The fraction of sp³-hybridized carbons (Fsp3) is 0.667. The van der Waals surface area contributed by atoms with E-state index in [9.17, 15) is 9.90 Å². The van der Waals surface area contributed by atoms with E-state index in [0.29, 0.717) is 19.8 Å². The molecule has 0 spiro atoms. The van der Waals surface area contributed by atoms with Crippen molar-refractivity contribution < 1.29 is 19.4 Å². The Labute approximate surface area is 129 Å². The molecular weight excluding hydrogens is 290 g/mol. The van der Waals surface area contributed by atoms with E-state index in [0.717, 1.165) is 9.75 Å². The molecule has 0 aromatic carbocycles. The average Bonchev–Trinajstić information content (AvgIpc) is 2.82. The van der Waals surface area contributed by atoms with Crippen LogP contribution in [0.1, 0.15) is 36.6 Å². The van der Waals surface area contributed by atoms with Crippen LogP contribution in [0.15, 0.2) is 12.1 Å². The van der Waals surface area contributed by atoms with Crippen molar-refractivity contribution in [1.82, 2.24) is 4.90 Å². The molecule has 6 heteroatoms. The van der Waals surface area contributed by atoms with Crippen LogP contribution < -0.4 is 0 Å².